The lowest BCUT2D eigenvalue weighted by Crippen LogP contribution is -2.52. The molecule has 0 aliphatic heterocycles. The second-order valence-corrected chi connectivity index (χ2v) is 7.29. The van der Waals surface area contributed by atoms with Crippen molar-refractivity contribution in [3.05, 3.63) is 0 Å². The third-order valence-corrected chi connectivity index (χ3v) is 5.22. The maximum absolute atomic E-state index is 12.1. The van der Waals surface area contributed by atoms with Crippen LogP contribution in [-0.4, -0.2) is 29.2 Å². The third-order valence-electron chi connectivity index (χ3n) is 5.22. The largest absolute Gasteiger partial charge is 0.481 e. The lowest BCUT2D eigenvalue weighted by atomic mass is 9.73. The maximum atomic E-state index is 12.1. The van der Waals surface area contributed by atoms with E-state index in [0.717, 1.165) is 25.7 Å². The summed E-state index contributed by atoms with van der Waals surface area (Å²) in [6.45, 7) is 4.43. The first-order valence-electron chi connectivity index (χ1n) is 8.18. The summed E-state index contributed by atoms with van der Waals surface area (Å²) in [4.78, 5) is 23.1. The van der Waals surface area contributed by atoms with Crippen molar-refractivity contribution in [2.75, 3.05) is 0 Å². The minimum Gasteiger partial charge on any atom is -0.481 e. The number of hydrogen-bond acceptors (Lipinski definition) is 2. The van der Waals surface area contributed by atoms with Crippen LogP contribution in [0.3, 0.4) is 0 Å². The van der Waals surface area contributed by atoms with Crippen LogP contribution in [0.15, 0.2) is 0 Å². The third kappa shape index (κ3) is 4.35. The Balaban J connectivity index is 1.76. The Morgan fingerprint density at radius 1 is 1.00 bits per heavy atom. The van der Waals surface area contributed by atoms with Crippen LogP contribution in [0.25, 0.3) is 0 Å². The Labute approximate surface area is 126 Å². The average molecular weight is 296 g/mol. The van der Waals surface area contributed by atoms with Crippen molar-refractivity contribution < 1.29 is 14.7 Å². The topological polar surface area (TPSA) is 78.4 Å². The van der Waals surface area contributed by atoms with Crippen molar-refractivity contribution in [1.82, 2.24) is 10.6 Å². The SMILES string of the molecule is CC1(C)CCCCC1NC(=O)NC1CCC(C(=O)O)CC1. The molecular formula is C16H28N2O3. The van der Waals surface area contributed by atoms with Crippen LogP contribution in [0.4, 0.5) is 4.79 Å². The van der Waals surface area contributed by atoms with E-state index in [-0.39, 0.29) is 29.4 Å². The summed E-state index contributed by atoms with van der Waals surface area (Å²) in [5, 5.41) is 15.1. The average Bonchev–Trinajstić information content (AvgIpc) is 2.41. The number of urea groups is 1. The molecule has 1 atom stereocenters. The number of nitrogens with one attached hydrogen (secondary N) is 2. The van der Waals surface area contributed by atoms with Gasteiger partial charge in [-0.3, -0.25) is 4.79 Å². The summed E-state index contributed by atoms with van der Waals surface area (Å²) >= 11 is 0. The van der Waals surface area contributed by atoms with Gasteiger partial charge in [0.05, 0.1) is 5.92 Å². The molecule has 120 valence electrons. The minimum absolute atomic E-state index is 0.0891. The highest BCUT2D eigenvalue weighted by atomic mass is 16.4. The van der Waals surface area contributed by atoms with Crippen LogP contribution in [0.1, 0.15) is 65.2 Å². The monoisotopic (exact) mass is 296 g/mol. The predicted octanol–water partition coefficient (Wildman–Crippen LogP) is 2.90. The molecule has 5 nitrogen and oxygen atoms in total. The Morgan fingerprint density at radius 2 is 1.67 bits per heavy atom. The summed E-state index contributed by atoms with van der Waals surface area (Å²) in [6, 6.07) is 0.266. The molecule has 2 amide bonds. The fraction of sp³-hybridized carbons (Fsp3) is 0.875. The normalized spacial score (nSPS) is 32.2. The molecule has 0 bridgehead atoms. The van der Waals surface area contributed by atoms with Gasteiger partial charge in [0.2, 0.25) is 0 Å². The van der Waals surface area contributed by atoms with Gasteiger partial charge in [-0.2, -0.15) is 0 Å². The number of carboxylic acid groups (broad SMARTS) is 1. The molecule has 0 spiro atoms. The molecule has 2 aliphatic carbocycles. The molecule has 2 aliphatic rings. The molecule has 21 heavy (non-hydrogen) atoms. The van der Waals surface area contributed by atoms with E-state index in [1.165, 1.54) is 12.8 Å². The molecule has 0 radical (unpaired) electrons. The van der Waals surface area contributed by atoms with Crippen LogP contribution in [0.5, 0.6) is 0 Å². The maximum Gasteiger partial charge on any atom is 0.315 e. The number of carboxylic acids is 1. The summed E-state index contributed by atoms with van der Waals surface area (Å²) in [5.41, 5.74) is 0.163. The van der Waals surface area contributed by atoms with Gasteiger partial charge in [-0.15, -0.1) is 0 Å². The number of aliphatic carboxylic acids is 1. The fourth-order valence-electron chi connectivity index (χ4n) is 3.63. The number of amides is 2. The second-order valence-electron chi connectivity index (χ2n) is 7.29. The van der Waals surface area contributed by atoms with E-state index >= 15 is 0 Å². The van der Waals surface area contributed by atoms with Crippen molar-refractivity contribution in [3.8, 4) is 0 Å². The van der Waals surface area contributed by atoms with Gasteiger partial charge in [0.15, 0.2) is 0 Å². The van der Waals surface area contributed by atoms with Gasteiger partial charge in [0.25, 0.3) is 0 Å². The highest BCUT2D eigenvalue weighted by molar-refractivity contribution is 5.75. The lowest BCUT2D eigenvalue weighted by Gasteiger charge is -2.39. The summed E-state index contributed by atoms with van der Waals surface area (Å²) < 4.78 is 0. The van der Waals surface area contributed by atoms with Gasteiger partial charge in [0, 0.05) is 12.1 Å². The Hall–Kier alpha value is -1.26. The number of carbonyl (C=O) groups is 2. The molecule has 1 unspecified atom stereocenters. The van der Waals surface area contributed by atoms with Crippen molar-refractivity contribution in [2.24, 2.45) is 11.3 Å². The highest BCUT2D eigenvalue weighted by Gasteiger charge is 2.34. The van der Waals surface area contributed by atoms with Gasteiger partial charge < -0.3 is 15.7 Å². The van der Waals surface area contributed by atoms with Crippen LogP contribution in [0, 0.1) is 11.3 Å². The zero-order valence-corrected chi connectivity index (χ0v) is 13.2. The summed E-state index contributed by atoms with van der Waals surface area (Å²) in [7, 11) is 0. The molecule has 2 fully saturated rings. The standard InChI is InChI=1S/C16H28N2O3/c1-16(2)10-4-3-5-13(16)18-15(21)17-12-8-6-11(7-9-12)14(19)20/h11-13H,3-10H2,1-2H3,(H,19,20)(H2,17,18,21). The number of rotatable bonds is 3. The van der Waals surface area contributed by atoms with E-state index in [4.69, 9.17) is 5.11 Å². The fourth-order valence-corrected chi connectivity index (χ4v) is 3.63. The van der Waals surface area contributed by atoms with E-state index in [1.807, 2.05) is 0 Å². The summed E-state index contributed by atoms with van der Waals surface area (Å²) in [5.74, 6) is -0.940. The van der Waals surface area contributed by atoms with Gasteiger partial charge >= 0.3 is 12.0 Å². The van der Waals surface area contributed by atoms with Gasteiger partial charge in [-0.1, -0.05) is 26.7 Å². The van der Waals surface area contributed by atoms with E-state index in [9.17, 15) is 9.59 Å². The van der Waals surface area contributed by atoms with Crippen LogP contribution < -0.4 is 10.6 Å². The van der Waals surface area contributed by atoms with Crippen LogP contribution in [0.2, 0.25) is 0 Å². The molecule has 0 saturated heterocycles. The molecule has 2 rings (SSSR count). The lowest BCUT2D eigenvalue weighted by molar-refractivity contribution is -0.142. The van der Waals surface area contributed by atoms with E-state index < -0.39 is 5.97 Å². The van der Waals surface area contributed by atoms with Gasteiger partial charge in [-0.05, 0) is 43.9 Å². The zero-order chi connectivity index (χ0) is 15.5. The van der Waals surface area contributed by atoms with E-state index in [2.05, 4.69) is 24.5 Å². The van der Waals surface area contributed by atoms with E-state index in [1.54, 1.807) is 0 Å². The van der Waals surface area contributed by atoms with Crippen molar-refractivity contribution in [1.29, 1.82) is 0 Å². The zero-order valence-electron chi connectivity index (χ0n) is 13.2. The quantitative estimate of drug-likeness (QED) is 0.749. The highest BCUT2D eigenvalue weighted by Crippen LogP contribution is 2.35. The first-order valence-corrected chi connectivity index (χ1v) is 8.18. The van der Waals surface area contributed by atoms with Crippen molar-refractivity contribution >= 4 is 12.0 Å². The van der Waals surface area contributed by atoms with Crippen molar-refractivity contribution in [3.63, 3.8) is 0 Å². The number of carbonyl (C=O) groups excluding carboxylic acids is 1. The molecule has 3 N–H and O–H groups in total. The van der Waals surface area contributed by atoms with Crippen molar-refractivity contribution in [2.45, 2.75) is 77.3 Å². The molecule has 0 aromatic heterocycles. The second kappa shape index (κ2) is 6.67. The molecule has 2 saturated carbocycles. The summed E-state index contributed by atoms with van der Waals surface area (Å²) in [6.07, 6.45) is 7.47. The molecular weight excluding hydrogens is 268 g/mol. The van der Waals surface area contributed by atoms with Crippen LogP contribution in [-0.2, 0) is 4.79 Å². The van der Waals surface area contributed by atoms with Gasteiger partial charge in [-0.25, -0.2) is 4.79 Å². The molecule has 0 heterocycles. The first-order chi connectivity index (χ1) is 9.88. The minimum atomic E-state index is -0.707. The Kier molecular flexibility index (Phi) is 5.12. The smallest absolute Gasteiger partial charge is 0.315 e. The van der Waals surface area contributed by atoms with Crippen LogP contribution >= 0.6 is 0 Å². The first kappa shape index (κ1) is 16.1. The van der Waals surface area contributed by atoms with E-state index in [0.29, 0.717) is 12.8 Å². The predicted molar refractivity (Wildman–Crippen MR) is 81.1 cm³/mol. The molecule has 5 heteroatoms. The molecule has 0 aromatic rings. The Morgan fingerprint density at radius 3 is 2.24 bits per heavy atom. The number of hydrogen-bond donors (Lipinski definition) is 3. The Bertz CT molecular complexity index is 387. The van der Waals surface area contributed by atoms with Gasteiger partial charge in [0.1, 0.15) is 0 Å². The molecule has 0 aromatic carbocycles.